The van der Waals surface area contributed by atoms with Gasteiger partial charge in [-0.1, -0.05) is 0 Å². The fourth-order valence-corrected chi connectivity index (χ4v) is 4.37. The number of ether oxygens (including phenoxy) is 2. The van der Waals surface area contributed by atoms with Gasteiger partial charge in [0.25, 0.3) is 5.56 Å². The maximum absolute atomic E-state index is 12.1. The first-order valence-electron chi connectivity index (χ1n) is 9.94. The maximum atomic E-state index is 12.1. The van der Waals surface area contributed by atoms with Crippen LogP contribution in [-0.4, -0.2) is 39.6 Å². The van der Waals surface area contributed by atoms with Crippen molar-refractivity contribution >= 4 is 11.7 Å². The summed E-state index contributed by atoms with van der Waals surface area (Å²) < 4.78 is 13.0. The lowest BCUT2D eigenvalue weighted by Crippen LogP contribution is -2.32. The van der Waals surface area contributed by atoms with Crippen molar-refractivity contribution in [1.29, 1.82) is 0 Å². The van der Waals surface area contributed by atoms with Crippen molar-refractivity contribution in [2.45, 2.75) is 58.2 Å². The van der Waals surface area contributed by atoms with Crippen LogP contribution in [0.15, 0.2) is 34.2 Å². The van der Waals surface area contributed by atoms with Gasteiger partial charge in [-0.2, -0.15) is 0 Å². The maximum Gasteiger partial charge on any atom is 0.323 e. The average molecular weight is 410 g/mol. The van der Waals surface area contributed by atoms with E-state index in [2.05, 4.69) is 13.8 Å². The van der Waals surface area contributed by atoms with E-state index in [0.29, 0.717) is 17.7 Å². The normalized spacial score (nSPS) is 18.1. The number of hydrogen-bond donors (Lipinski definition) is 1. The van der Waals surface area contributed by atoms with Crippen LogP contribution in [0.5, 0.6) is 11.5 Å². The first kappa shape index (κ1) is 20.2. The van der Waals surface area contributed by atoms with Gasteiger partial charge in [-0.3, -0.25) is 14.6 Å². The molecule has 2 aromatic rings. The van der Waals surface area contributed by atoms with Crippen LogP contribution in [0.1, 0.15) is 49.9 Å². The molecule has 4 rings (SSSR count). The number of nitrogens with zero attached hydrogens (tertiary/aromatic N) is 2. The van der Waals surface area contributed by atoms with Crippen molar-refractivity contribution in [3.63, 3.8) is 0 Å². The van der Waals surface area contributed by atoms with Crippen LogP contribution in [0.4, 0.5) is 0 Å². The van der Waals surface area contributed by atoms with Gasteiger partial charge in [-0.05, 0) is 51.8 Å². The molecule has 2 aliphatic rings. The predicted octanol–water partition coefficient (Wildman–Crippen LogP) is 2.83. The van der Waals surface area contributed by atoms with Crippen LogP contribution in [-0.2, 0) is 24.2 Å². The minimum absolute atomic E-state index is 0.357. The predicted molar refractivity (Wildman–Crippen MR) is 113 cm³/mol. The lowest BCUT2D eigenvalue weighted by molar-refractivity contribution is -0.137. The Morgan fingerprint density at radius 3 is 2.67 bits per heavy atom. The Labute approximate surface area is 175 Å². The zero-order valence-electron chi connectivity index (χ0n) is 17.9. The number of carboxylic acids is 1. The number of aliphatic imine (C=N–C) groups is 1. The molecule has 0 spiro atoms. The summed E-state index contributed by atoms with van der Waals surface area (Å²) in [5.74, 6) is 0.371. The standard InChI is InChI=1S/C23H26N2O5/c1-22(2)9-14-8-16(29-5)21-15(10-23(3,4)30-21)19(14)20(24-22)13-6-7-17(26)25(11-13)12-18(27)28/h6-8,11H,9-10,12H2,1-5H3,(H,27,28). The van der Waals surface area contributed by atoms with E-state index in [1.807, 2.05) is 19.9 Å². The molecule has 0 bridgehead atoms. The van der Waals surface area contributed by atoms with E-state index in [9.17, 15) is 9.59 Å². The van der Waals surface area contributed by atoms with Crippen molar-refractivity contribution in [3.05, 3.63) is 57.0 Å². The number of fused-ring (bicyclic) bond motifs is 3. The average Bonchev–Trinajstić information content (AvgIpc) is 2.95. The van der Waals surface area contributed by atoms with Gasteiger partial charge >= 0.3 is 5.97 Å². The second-order valence-corrected chi connectivity index (χ2v) is 9.19. The molecular formula is C23H26N2O5. The SMILES string of the molecule is COc1cc2c(c3c1OC(C)(C)C3)C(c1ccc(=O)n(CC(=O)O)c1)=NC(C)(C)C2. The summed E-state index contributed by atoms with van der Waals surface area (Å²) >= 11 is 0. The molecule has 158 valence electrons. The molecule has 7 heteroatoms. The lowest BCUT2D eigenvalue weighted by atomic mass is 9.81. The van der Waals surface area contributed by atoms with Gasteiger partial charge in [0.1, 0.15) is 12.1 Å². The number of carboxylic acid groups (broad SMARTS) is 1. The smallest absolute Gasteiger partial charge is 0.323 e. The van der Waals surface area contributed by atoms with Crippen LogP contribution in [0.3, 0.4) is 0 Å². The monoisotopic (exact) mass is 410 g/mol. The zero-order valence-corrected chi connectivity index (χ0v) is 17.9. The minimum atomic E-state index is -1.07. The van der Waals surface area contributed by atoms with E-state index in [1.165, 1.54) is 10.6 Å². The Balaban J connectivity index is 1.96. The molecule has 2 aliphatic heterocycles. The van der Waals surface area contributed by atoms with Crippen LogP contribution >= 0.6 is 0 Å². The van der Waals surface area contributed by atoms with Crippen LogP contribution in [0.25, 0.3) is 0 Å². The van der Waals surface area contributed by atoms with Gasteiger partial charge in [-0.15, -0.1) is 0 Å². The number of hydrogen-bond acceptors (Lipinski definition) is 5. The lowest BCUT2D eigenvalue weighted by Gasteiger charge is -2.31. The molecule has 0 amide bonds. The molecule has 1 aromatic carbocycles. The van der Waals surface area contributed by atoms with E-state index >= 15 is 0 Å². The number of benzene rings is 1. The third-order valence-corrected chi connectivity index (χ3v) is 5.46. The number of rotatable bonds is 4. The van der Waals surface area contributed by atoms with Gasteiger partial charge < -0.3 is 19.1 Å². The van der Waals surface area contributed by atoms with Crippen molar-refractivity contribution in [2.75, 3.05) is 7.11 Å². The fourth-order valence-electron chi connectivity index (χ4n) is 4.37. The first-order valence-corrected chi connectivity index (χ1v) is 9.94. The van der Waals surface area contributed by atoms with Crippen LogP contribution in [0, 0.1) is 0 Å². The summed E-state index contributed by atoms with van der Waals surface area (Å²) in [6.07, 6.45) is 3.03. The third kappa shape index (κ3) is 3.49. The van der Waals surface area contributed by atoms with Crippen molar-refractivity contribution in [2.24, 2.45) is 4.99 Å². The van der Waals surface area contributed by atoms with E-state index in [-0.39, 0.29) is 16.7 Å². The van der Waals surface area contributed by atoms with E-state index < -0.39 is 12.5 Å². The molecule has 0 aliphatic carbocycles. The Bertz CT molecular complexity index is 1140. The number of aliphatic carboxylic acids is 1. The molecule has 30 heavy (non-hydrogen) atoms. The number of methoxy groups -OCH3 is 1. The van der Waals surface area contributed by atoms with E-state index in [1.54, 1.807) is 19.4 Å². The molecule has 0 radical (unpaired) electrons. The third-order valence-electron chi connectivity index (χ3n) is 5.46. The molecule has 1 aromatic heterocycles. The molecule has 1 N–H and O–H groups in total. The number of carbonyl (C=O) groups is 1. The van der Waals surface area contributed by atoms with E-state index in [0.717, 1.165) is 34.6 Å². The van der Waals surface area contributed by atoms with Crippen molar-refractivity contribution in [3.8, 4) is 11.5 Å². The molecule has 3 heterocycles. The Morgan fingerprint density at radius 2 is 2.00 bits per heavy atom. The highest BCUT2D eigenvalue weighted by atomic mass is 16.5. The van der Waals surface area contributed by atoms with Gasteiger partial charge in [0.15, 0.2) is 11.5 Å². The molecule has 0 fully saturated rings. The topological polar surface area (TPSA) is 90.1 Å². The summed E-state index contributed by atoms with van der Waals surface area (Å²) in [6, 6.07) is 5.12. The zero-order chi connectivity index (χ0) is 21.8. The van der Waals surface area contributed by atoms with E-state index in [4.69, 9.17) is 19.6 Å². The van der Waals surface area contributed by atoms with Crippen molar-refractivity contribution < 1.29 is 19.4 Å². The molecule has 0 unspecified atom stereocenters. The number of aromatic nitrogens is 1. The van der Waals surface area contributed by atoms with Crippen LogP contribution < -0.4 is 15.0 Å². The molecule has 0 atom stereocenters. The number of pyridine rings is 1. The van der Waals surface area contributed by atoms with Gasteiger partial charge in [0.2, 0.25) is 0 Å². The second-order valence-electron chi connectivity index (χ2n) is 9.19. The summed E-state index contributed by atoms with van der Waals surface area (Å²) in [6.45, 7) is 7.80. The molecule has 7 nitrogen and oxygen atoms in total. The van der Waals surface area contributed by atoms with Crippen LogP contribution in [0.2, 0.25) is 0 Å². The Hall–Kier alpha value is -3.09. The summed E-state index contributed by atoms with van der Waals surface area (Å²) in [5.41, 5.74) is 3.52. The Morgan fingerprint density at radius 1 is 1.27 bits per heavy atom. The van der Waals surface area contributed by atoms with Gasteiger partial charge in [0.05, 0.1) is 18.4 Å². The highest BCUT2D eigenvalue weighted by Crippen LogP contribution is 2.47. The second kappa shape index (κ2) is 6.72. The summed E-state index contributed by atoms with van der Waals surface area (Å²) in [5, 5.41) is 9.16. The molecule has 0 saturated carbocycles. The minimum Gasteiger partial charge on any atom is -0.493 e. The van der Waals surface area contributed by atoms with Gasteiger partial charge in [0, 0.05) is 35.4 Å². The largest absolute Gasteiger partial charge is 0.493 e. The van der Waals surface area contributed by atoms with Crippen molar-refractivity contribution in [1.82, 2.24) is 4.57 Å². The summed E-state index contributed by atoms with van der Waals surface area (Å²) in [7, 11) is 1.64. The first-order chi connectivity index (χ1) is 14.0. The van der Waals surface area contributed by atoms with Gasteiger partial charge in [-0.25, -0.2) is 0 Å². The highest BCUT2D eigenvalue weighted by molar-refractivity contribution is 6.16. The summed E-state index contributed by atoms with van der Waals surface area (Å²) in [4.78, 5) is 28.3. The quantitative estimate of drug-likeness (QED) is 0.837. The Kier molecular flexibility index (Phi) is 4.52. The molecule has 0 saturated heterocycles. The molecular weight excluding hydrogens is 384 g/mol. The fraction of sp³-hybridized carbons (Fsp3) is 0.435. The highest BCUT2D eigenvalue weighted by Gasteiger charge is 2.39.